The van der Waals surface area contributed by atoms with Crippen LogP contribution in [0.25, 0.3) is 11.4 Å². The Morgan fingerprint density at radius 2 is 2.22 bits per heavy atom. The molecule has 1 aromatic heterocycles. The number of rotatable bonds is 5. The molecule has 0 aliphatic carbocycles. The second-order valence-corrected chi connectivity index (χ2v) is 6.06. The minimum Gasteiger partial charge on any atom is -0.399 e. The van der Waals surface area contributed by atoms with Crippen LogP contribution in [0.15, 0.2) is 30.6 Å². The molecular weight excluding hydrogens is 244 g/mol. The van der Waals surface area contributed by atoms with Crippen LogP contribution in [0, 0.1) is 0 Å². The van der Waals surface area contributed by atoms with Crippen molar-refractivity contribution in [3.8, 4) is 11.4 Å². The van der Waals surface area contributed by atoms with Gasteiger partial charge in [-0.25, -0.2) is 4.98 Å². The number of aryl methyl sites for hydroxylation is 1. The van der Waals surface area contributed by atoms with Crippen LogP contribution >= 0.6 is 11.8 Å². The zero-order chi connectivity index (χ0) is 13.0. The number of benzene rings is 1. The maximum atomic E-state index is 5.75. The molecule has 0 unspecified atom stereocenters. The van der Waals surface area contributed by atoms with E-state index in [0.29, 0.717) is 5.25 Å². The summed E-state index contributed by atoms with van der Waals surface area (Å²) >= 11 is 1.92. The zero-order valence-corrected chi connectivity index (χ0v) is 11.5. The minimum absolute atomic E-state index is 0.655. The van der Waals surface area contributed by atoms with E-state index in [9.17, 15) is 0 Å². The normalized spacial score (nSPS) is 11.1. The summed E-state index contributed by atoms with van der Waals surface area (Å²) in [5.74, 6) is 1.79. The van der Waals surface area contributed by atoms with E-state index in [4.69, 9.17) is 5.73 Å². The summed E-state index contributed by atoms with van der Waals surface area (Å²) in [5.41, 5.74) is 7.45. The van der Waals surface area contributed by atoms with E-state index in [1.807, 2.05) is 40.7 Å². The number of hydrogen-bond acceptors (Lipinski definition) is 4. The Balaban J connectivity index is 2.02. The molecule has 0 saturated heterocycles. The van der Waals surface area contributed by atoms with Crippen LogP contribution in [0.4, 0.5) is 5.69 Å². The second kappa shape index (κ2) is 5.91. The standard InChI is InChI=1S/C13H18N4S/c1-10(2)18-7-6-17-9-15-13(16-17)11-4-3-5-12(14)8-11/h3-5,8-10H,6-7,14H2,1-2H3. The summed E-state index contributed by atoms with van der Waals surface area (Å²) in [5, 5.41) is 5.11. The van der Waals surface area contributed by atoms with Crippen LogP contribution in [0.5, 0.6) is 0 Å². The molecule has 2 N–H and O–H groups in total. The van der Waals surface area contributed by atoms with Gasteiger partial charge in [-0.15, -0.1) is 0 Å². The molecule has 0 aliphatic rings. The van der Waals surface area contributed by atoms with Gasteiger partial charge in [0.1, 0.15) is 6.33 Å². The van der Waals surface area contributed by atoms with Gasteiger partial charge < -0.3 is 5.73 Å². The molecule has 0 saturated carbocycles. The number of anilines is 1. The highest BCUT2D eigenvalue weighted by atomic mass is 32.2. The van der Waals surface area contributed by atoms with Gasteiger partial charge in [0.2, 0.25) is 0 Å². The molecule has 0 bridgehead atoms. The van der Waals surface area contributed by atoms with Crippen molar-refractivity contribution in [1.29, 1.82) is 0 Å². The average Bonchev–Trinajstić information content (AvgIpc) is 2.77. The molecule has 2 aromatic rings. The zero-order valence-electron chi connectivity index (χ0n) is 10.7. The van der Waals surface area contributed by atoms with Gasteiger partial charge in [0.15, 0.2) is 5.82 Å². The fraction of sp³-hybridized carbons (Fsp3) is 0.385. The number of thioether (sulfide) groups is 1. The fourth-order valence-electron chi connectivity index (χ4n) is 1.59. The van der Waals surface area contributed by atoms with Crippen molar-refractivity contribution in [3.05, 3.63) is 30.6 Å². The van der Waals surface area contributed by atoms with Crippen molar-refractivity contribution in [2.24, 2.45) is 0 Å². The lowest BCUT2D eigenvalue weighted by atomic mass is 10.2. The van der Waals surface area contributed by atoms with Crippen molar-refractivity contribution in [2.45, 2.75) is 25.6 Å². The van der Waals surface area contributed by atoms with Gasteiger partial charge in [0, 0.05) is 17.0 Å². The highest BCUT2D eigenvalue weighted by molar-refractivity contribution is 7.99. The summed E-state index contributed by atoms with van der Waals surface area (Å²) in [6, 6.07) is 7.64. The van der Waals surface area contributed by atoms with Crippen LogP contribution in [-0.2, 0) is 6.54 Å². The van der Waals surface area contributed by atoms with E-state index < -0.39 is 0 Å². The highest BCUT2D eigenvalue weighted by Gasteiger charge is 2.04. The Kier molecular flexibility index (Phi) is 4.25. The average molecular weight is 262 g/mol. The monoisotopic (exact) mass is 262 g/mol. The van der Waals surface area contributed by atoms with Crippen molar-refractivity contribution < 1.29 is 0 Å². The van der Waals surface area contributed by atoms with Crippen LogP contribution in [0.1, 0.15) is 13.8 Å². The van der Waals surface area contributed by atoms with Crippen molar-refractivity contribution in [3.63, 3.8) is 0 Å². The van der Waals surface area contributed by atoms with Gasteiger partial charge in [-0.1, -0.05) is 26.0 Å². The van der Waals surface area contributed by atoms with Crippen LogP contribution in [-0.4, -0.2) is 25.8 Å². The Bertz CT molecular complexity index is 507. The number of nitrogens with two attached hydrogens (primary N) is 1. The number of nitrogens with zero attached hydrogens (tertiary/aromatic N) is 3. The molecule has 1 heterocycles. The Morgan fingerprint density at radius 3 is 2.94 bits per heavy atom. The molecule has 0 aliphatic heterocycles. The first-order chi connectivity index (χ1) is 8.65. The van der Waals surface area contributed by atoms with Crippen molar-refractivity contribution in [2.75, 3.05) is 11.5 Å². The Labute approximate surface area is 112 Å². The van der Waals surface area contributed by atoms with E-state index >= 15 is 0 Å². The lowest BCUT2D eigenvalue weighted by Crippen LogP contribution is -2.03. The largest absolute Gasteiger partial charge is 0.399 e. The van der Waals surface area contributed by atoms with Gasteiger partial charge in [-0.2, -0.15) is 16.9 Å². The maximum absolute atomic E-state index is 5.75. The first-order valence-corrected chi connectivity index (χ1v) is 7.07. The van der Waals surface area contributed by atoms with Gasteiger partial charge in [0.25, 0.3) is 0 Å². The molecule has 0 amide bonds. The summed E-state index contributed by atoms with van der Waals surface area (Å²) in [4.78, 5) is 4.31. The van der Waals surface area contributed by atoms with Crippen LogP contribution in [0.3, 0.4) is 0 Å². The first kappa shape index (κ1) is 13.0. The Morgan fingerprint density at radius 1 is 1.39 bits per heavy atom. The topological polar surface area (TPSA) is 56.7 Å². The van der Waals surface area contributed by atoms with E-state index in [0.717, 1.165) is 29.4 Å². The SMILES string of the molecule is CC(C)SCCn1cnc(-c2cccc(N)c2)n1. The van der Waals surface area contributed by atoms with Gasteiger partial charge in [-0.05, 0) is 17.4 Å². The van der Waals surface area contributed by atoms with Crippen LogP contribution < -0.4 is 5.73 Å². The summed E-state index contributed by atoms with van der Waals surface area (Å²) in [6.45, 7) is 5.28. The molecule has 0 fully saturated rings. The summed E-state index contributed by atoms with van der Waals surface area (Å²) in [7, 11) is 0. The van der Waals surface area contributed by atoms with Crippen LogP contribution in [0.2, 0.25) is 0 Å². The van der Waals surface area contributed by atoms with Gasteiger partial charge in [-0.3, -0.25) is 4.68 Å². The predicted molar refractivity (Wildman–Crippen MR) is 77.5 cm³/mol. The summed E-state index contributed by atoms with van der Waals surface area (Å²) in [6.07, 6.45) is 1.78. The second-order valence-electron chi connectivity index (χ2n) is 4.38. The highest BCUT2D eigenvalue weighted by Crippen LogP contribution is 2.17. The molecule has 4 nitrogen and oxygen atoms in total. The van der Waals surface area contributed by atoms with Crippen molar-refractivity contribution >= 4 is 17.4 Å². The molecule has 0 spiro atoms. The molecule has 1 aromatic carbocycles. The third-order valence-electron chi connectivity index (χ3n) is 2.45. The third-order valence-corrected chi connectivity index (χ3v) is 3.54. The lowest BCUT2D eigenvalue weighted by molar-refractivity contribution is 0.666. The van der Waals surface area contributed by atoms with Gasteiger partial charge in [0.05, 0.1) is 6.54 Å². The predicted octanol–water partition coefficient (Wildman–Crippen LogP) is 2.67. The lowest BCUT2D eigenvalue weighted by Gasteiger charge is -2.03. The first-order valence-electron chi connectivity index (χ1n) is 6.02. The maximum Gasteiger partial charge on any atom is 0.181 e. The Hall–Kier alpha value is -1.49. The van der Waals surface area contributed by atoms with E-state index in [2.05, 4.69) is 23.9 Å². The molecule has 18 heavy (non-hydrogen) atoms. The van der Waals surface area contributed by atoms with E-state index in [-0.39, 0.29) is 0 Å². The quantitative estimate of drug-likeness (QED) is 0.842. The molecule has 0 atom stereocenters. The smallest absolute Gasteiger partial charge is 0.181 e. The number of aromatic nitrogens is 3. The van der Waals surface area contributed by atoms with E-state index in [1.165, 1.54) is 0 Å². The minimum atomic E-state index is 0.655. The molecule has 96 valence electrons. The van der Waals surface area contributed by atoms with Crippen molar-refractivity contribution in [1.82, 2.24) is 14.8 Å². The van der Waals surface area contributed by atoms with Gasteiger partial charge >= 0.3 is 0 Å². The number of hydrogen-bond donors (Lipinski definition) is 1. The molecule has 5 heteroatoms. The molecular formula is C13H18N4S. The third kappa shape index (κ3) is 3.50. The number of nitrogen functional groups attached to an aromatic ring is 1. The van der Waals surface area contributed by atoms with E-state index in [1.54, 1.807) is 6.33 Å². The molecule has 2 rings (SSSR count). The fourth-order valence-corrected chi connectivity index (χ4v) is 2.36. The molecule has 0 radical (unpaired) electrons. The summed E-state index contributed by atoms with van der Waals surface area (Å²) < 4.78 is 1.88.